The fourth-order valence-corrected chi connectivity index (χ4v) is 5.44. The Bertz CT molecular complexity index is 529. The van der Waals surface area contributed by atoms with Gasteiger partial charge in [-0.15, -0.1) is 0 Å². The Labute approximate surface area is 133 Å². The quantitative estimate of drug-likeness (QED) is 0.697. The van der Waals surface area contributed by atoms with Gasteiger partial charge in [0, 0.05) is 0 Å². The number of H-pyrrole nitrogens is 1. The molecule has 126 valence electrons. The van der Waals surface area contributed by atoms with Gasteiger partial charge in [-0.1, -0.05) is 19.3 Å². The Balaban J connectivity index is 0.000000224. The molecule has 0 atom stereocenters. The van der Waals surface area contributed by atoms with Crippen LogP contribution < -0.4 is 9.27 Å². The molecule has 0 aromatic carbocycles. The van der Waals surface area contributed by atoms with Gasteiger partial charge in [0.05, 0.1) is 5.92 Å². The maximum Gasteiger partial charge on any atom is 0.391 e. The van der Waals surface area contributed by atoms with Crippen molar-refractivity contribution in [2.75, 3.05) is 0 Å². The Morgan fingerprint density at radius 2 is 1.73 bits per heavy atom. The molecule has 0 amide bonds. The molecule has 1 aliphatic carbocycles. The molecule has 7 heteroatoms. The normalized spacial score (nSPS) is 16.9. The summed E-state index contributed by atoms with van der Waals surface area (Å²) < 4.78 is 36.9. The fraction of sp³-hybridized carbons (Fsp3) is 0.733. The average Bonchev–Trinajstić information content (AvgIpc) is 2.37. The van der Waals surface area contributed by atoms with Crippen LogP contribution in [-0.2, 0) is 0 Å². The topological polar surface area (TPSA) is 45.8 Å². The molecule has 0 bridgehead atoms. The summed E-state index contributed by atoms with van der Waals surface area (Å²) in [5, 5.41) is 0. The number of alkyl halides is 3. The van der Waals surface area contributed by atoms with Crippen molar-refractivity contribution in [1.29, 1.82) is 0 Å². The number of aryl methyl sites for hydroxylation is 1. The van der Waals surface area contributed by atoms with E-state index in [0.29, 0.717) is 12.8 Å². The van der Waals surface area contributed by atoms with Crippen LogP contribution in [0.4, 0.5) is 13.2 Å². The zero-order chi connectivity index (χ0) is 17.0. The Morgan fingerprint density at radius 3 is 2.09 bits per heavy atom. The molecule has 1 N–H and O–H groups in total. The Kier molecular flexibility index (Phi) is 6.95. The second-order valence-corrected chi connectivity index (χ2v) is 21.1. The van der Waals surface area contributed by atoms with Crippen molar-refractivity contribution in [3.05, 3.63) is 22.2 Å². The Hall–Kier alpha value is -0.531. The van der Waals surface area contributed by atoms with E-state index >= 15 is 0 Å². The number of aromatic amines is 1. The van der Waals surface area contributed by atoms with E-state index in [0.717, 1.165) is 28.8 Å². The van der Waals surface area contributed by atoms with Gasteiger partial charge in [-0.2, -0.15) is 13.2 Å². The molecule has 0 aliphatic heterocycles. The van der Waals surface area contributed by atoms with Crippen LogP contribution in [0.15, 0.2) is 10.9 Å². The summed E-state index contributed by atoms with van der Waals surface area (Å²) in [6.45, 7) is 1.82. The predicted molar refractivity (Wildman–Crippen MR) is 85.2 cm³/mol. The average molecular weight is 425 g/mol. The molecule has 2 rings (SSSR count). The van der Waals surface area contributed by atoms with Crippen LogP contribution in [-0.4, -0.2) is 34.5 Å². The number of nitrogens with one attached hydrogen (secondary N) is 1. The van der Waals surface area contributed by atoms with Crippen molar-refractivity contribution in [2.24, 2.45) is 5.92 Å². The third kappa shape index (κ3) is 6.71. The van der Waals surface area contributed by atoms with Crippen molar-refractivity contribution >= 4 is 22.1 Å². The molecule has 1 heterocycles. The van der Waals surface area contributed by atoms with Gasteiger partial charge in [0.1, 0.15) is 0 Å². The van der Waals surface area contributed by atoms with Crippen LogP contribution in [0.5, 0.6) is 0 Å². The van der Waals surface area contributed by atoms with E-state index < -0.39 is 30.5 Å². The summed E-state index contributed by atoms with van der Waals surface area (Å²) in [4.78, 5) is 24.8. The molecule has 1 fully saturated rings. The predicted octanol–water partition coefficient (Wildman–Crippen LogP) is 3.75. The van der Waals surface area contributed by atoms with Gasteiger partial charge in [0.15, 0.2) is 0 Å². The van der Waals surface area contributed by atoms with Crippen LogP contribution in [0.3, 0.4) is 0 Å². The van der Waals surface area contributed by atoms with E-state index in [1.165, 1.54) is 0 Å². The first kappa shape index (κ1) is 19.5. The van der Waals surface area contributed by atoms with Crippen LogP contribution in [0.2, 0.25) is 14.8 Å². The number of hydrogen-bond acceptors (Lipinski definition) is 2. The second-order valence-electron chi connectivity index (χ2n) is 6.84. The zero-order valence-electron chi connectivity index (χ0n) is 13.7. The van der Waals surface area contributed by atoms with Gasteiger partial charge >= 0.3 is 82.2 Å². The third-order valence-corrected chi connectivity index (χ3v) is 8.81. The van der Waals surface area contributed by atoms with E-state index in [1.807, 2.05) is 6.92 Å². The number of halogens is 3. The maximum absolute atomic E-state index is 11.9. The largest absolute Gasteiger partial charge is 0.391 e. The van der Waals surface area contributed by atoms with Crippen LogP contribution in [0.25, 0.3) is 0 Å². The van der Waals surface area contributed by atoms with Crippen molar-refractivity contribution in [2.45, 2.75) is 60.0 Å². The molecule has 1 aliphatic rings. The van der Waals surface area contributed by atoms with Crippen LogP contribution in [0.1, 0.15) is 37.9 Å². The summed E-state index contributed by atoms with van der Waals surface area (Å²) in [5.41, 5.74) is -0.0240. The minimum absolute atomic E-state index is 0.0240. The van der Waals surface area contributed by atoms with Gasteiger partial charge < -0.3 is 0 Å². The summed E-state index contributed by atoms with van der Waals surface area (Å²) in [6.07, 6.45) is -0.742. The molecular weight excluding hydrogens is 400 g/mol. The molecule has 22 heavy (non-hydrogen) atoms. The molecular formula is C15H25F3N2OSn. The van der Waals surface area contributed by atoms with Crippen molar-refractivity contribution in [1.82, 2.24) is 9.97 Å². The summed E-state index contributed by atoms with van der Waals surface area (Å²) >= 11 is -2.13. The standard InChI is InChI=1S/C7H11F3.C5H5N2O.3CH3.Sn/c8-7(9,10)6-4-2-1-3-5-6;1-4-6-3-2-5(8)7-4;;;;/h6H,1-5H2;2H,1H3,(H,6,7,8);3*1H3;. The van der Waals surface area contributed by atoms with Gasteiger partial charge in [-0.05, 0) is 12.8 Å². The van der Waals surface area contributed by atoms with E-state index in [-0.39, 0.29) is 5.56 Å². The van der Waals surface area contributed by atoms with Gasteiger partial charge in [0.2, 0.25) is 0 Å². The zero-order valence-corrected chi connectivity index (χ0v) is 16.5. The van der Waals surface area contributed by atoms with E-state index in [9.17, 15) is 18.0 Å². The van der Waals surface area contributed by atoms with E-state index in [2.05, 4.69) is 24.8 Å². The van der Waals surface area contributed by atoms with E-state index in [4.69, 9.17) is 0 Å². The maximum atomic E-state index is 11.9. The summed E-state index contributed by atoms with van der Waals surface area (Å²) in [5.74, 6) is -0.273. The molecule has 0 spiro atoms. The van der Waals surface area contributed by atoms with Gasteiger partial charge in [0.25, 0.3) is 0 Å². The summed E-state index contributed by atoms with van der Waals surface area (Å²) in [6, 6.07) is 1.64. The smallest absolute Gasteiger partial charge is 0.171 e. The minimum atomic E-state index is -3.93. The number of aromatic nitrogens is 2. The van der Waals surface area contributed by atoms with Crippen LogP contribution in [0, 0.1) is 12.8 Å². The van der Waals surface area contributed by atoms with Gasteiger partial charge in [-0.3, -0.25) is 0 Å². The van der Waals surface area contributed by atoms with Gasteiger partial charge in [-0.25, -0.2) is 0 Å². The SMILES string of the molecule is Cc1n[c]([Sn]([CH3])([CH3])[CH3])cc(=O)[nH]1.FC(F)(F)C1CCCCC1. The first-order valence-electron chi connectivity index (χ1n) is 7.65. The minimum Gasteiger partial charge on any atom is -0.171 e. The Morgan fingerprint density at radius 1 is 1.18 bits per heavy atom. The number of nitrogens with zero attached hydrogens (tertiary/aromatic N) is 1. The summed E-state index contributed by atoms with van der Waals surface area (Å²) in [7, 11) is 0. The third-order valence-electron chi connectivity index (χ3n) is 3.70. The molecule has 0 unspecified atom stereocenters. The van der Waals surface area contributed by atoms with Crippen LogP contribution >= 0.6 is 0 Å². The first-order valence-corrected chi connectivity index (χ1v) is 17.6. The molecule has 1 saturated carbocycles. The molecule has 1 aromatic heterocycles. The second kappa shape index (κ2) is 7.83. The number of hydrogen-bond donors (Lipinski definition) is 1. The monoisotopic (exact) mass is 426 g/mol. The molecule has 0 radical (unpaired) electrons. The fourth-order valence-electron chi connectivity index (χ4n) is 2.39. The molecule has 0 saturated heterocycles. The first-order chi connectivity index (χ1) is 10.00. The van der Waals surface area contributed by atoms with E-state index in [1.54, 1.807) is 6.07 Å². The molecule has 1 aromatic rings. The van der Waals surface area contributed by atoms with Crippen molar-refractivity contribution in [3.63, 3.8) is 0 Å². The van der Waals surface area contributed by atoms with Crippen molar-refractivity contribution < 1.29 is 13.2 Å². The van der Waals surface area contributed by atoms with Crippen molar-refractivity contribution in [3.8, 4) is 0 Å². The number of rotatable bonds is 1. The molecule has 3 nitrogen and oxygen atoms in total.